The third-order valence-electron chi connectivity index (χ3n) is 2.48. The first kappa shape index (κ1) is 17.0. The van der Waals surface area contributed by atoms with Gasteiger partial charge in [0.05, 0.1) is 0 Å². The lowest BCUT2D eigenvalue weighted by atomic mass is 10.2. The Kier molecular flexibility index (Phi) is 5.00. The molecule has 0 aliphatic heterocycles. The number of carbonyl (C=O) groups excluding carboxylic acids is 1. The lowest BCUT2D eigenvalue weighted by Crippen LogP contribution is -2.27. The molecule has 1 amide bonds. The molecule has 1 aromatic heterocycles. The molecule has 7 nitrogen and oxygen atoms in total. The summed E-state index contributed by atoms with van der Waals surface area (Å²) in [4.78, 5) is 23.8. The van der Waals surface area contributed by atoms with Crippen molar-refractivity contribution in [2.45, 2.75) is 33.3 Å². The number of hydrogen-bond acceptors (Lipinski definition) is 6. The summed E-state index contributed by atoms with van der Waals surface area (Å²) in [5.41, 5.74) is 0.723. The molecule has 0 fully saturated rings. The number of rotatable bonds is 3. The molecule has 0 unspecified atom stereocenters. The minimum Gasteiger partial charge on any atom is -0.444 e. The van der Waals surface area contributed by atoms with Gasteiger partial charge in [0.2, 0.25) is 11.2 Å². The summed E-state index contributed by atoms with van der Waals surface area (Å²) >= 11 is 5.80. The number of ether oxygens (including phenoxy) is 1. The standard InChI is InChI=1S/C15H18ClN5O2/c1-9-17-12(16)21-13(18-9)19-10-6-5-7-11(8-10)20-14(22)23-15(2,3)4/h5-8H,1-4H3,(H,20,22)(H,17,18,19,21). The van der Waals surface area contributed by atoms with Crippen LogP contribution in [0.4, 0.5) is 22.1 Å². The summed E-state index contributed by atoms with van der Waals surface area (Å²) in [7, 11) is 0. The molecule has 0 bridgehead atoms. The quantitative estimate of drug-likeness (QED) is 0.883. The van der Waals surface area contributed by atoms with E-state index >= 15 is 0 Å². The molecule has 23 heavy (non-hydrogen) atoms. The zero-order valence-electron chi connectivity index (χ0n) is 13.3. The maximum atomic E-state index is 11.8. The number of nitrogens with one attached hydrogen (secondary N) is 2. The van der Waals surface area contributed by atoms with Gasteiger partial charge in [0.15, 0.2) is 0 Å². The summed E-state index contributed by atoms with van der Waals surface area (Å²) in [6.45, 7) is 7.13. The number of amides is 1. The van der Waals surface area contributed by atoms with E-state index in [9.17, 15) is 4.79 Å². The molecule has 2 aromatic rings. The number of aryl methyl sites for hydroxylation is 1. The molecule has 2 rings (SSSR count). The van der Waals surface area contributed by atoms with Crippen molar-refractivity contribution in [1.82, 2.24) is 15.0 Å². The summed E-state index contributed by atoms with van der Waals surface area (Å²) < 4.78 is 5.21. The molecule has 0 saturated heterocycles. The van der Waals surface area contributed by atoms with E-state index in [1.165, 1.54) is 0 Å². The van der Waals surface area contributed by atoms with E-state index < -0.39 is 11.7 Å². The second kappa shape index (κ2) is 6.78. The molecular formula is C15H18ClN5O2. The van der Waals surface area contributed by atoms with E-state index in [1.54, 1.807) is 45.9 Å². The summed E-state index contributed by atoms with van der Waals surface area (Å²) in [5, 5.41) is 5.79. The molecule has 0 aliphatic carbocycles. The Balaban J connectivity index is 2.09. The van der Waals surface area contributed by atoms with Crippen LogP contribution < -0.4 is 10.6 Å². The Morgan fingerprint density at radius 2 is 1.87 bits per heavy atom. The smallest absolute Gasteiger partial charge is 0.412 e. The van der Waals surface area contributed by atoms with Gasteiger partial charge in [-0.3, -0.25) is 5.32 Å². The van der Waals surface area contributed by atoms with Crippen LogP contribution in [-0.2, 0) is 4.74 Å². The van der Waals surface area contributed by atoms with Gasteiger partial charge in [-0.05, 0) is 57.5 Å². The van der Waals surface area contributed by atoms with Gasteiger partial charge < -0.3 is 10.1 Å². The van der Waals surface area contributed by atoms with Crippen LogP contribution in [0.5, 0.6) is 0 Å². The Hall–Kier alpha value is -2.41. The van der Waals surface area contributed by atoms with Gasteiger partial charge >= 0.3 is 6.09 Å². The topological polar surface area (TPSA) is 89.0 Å². The maximum absolute atomic E-state index is 11.8. The van der Waals surface area contributed by atoms with Gasteiger partial charge in [-0.25, -0.2) is 9.78 Å². The highest BCUT2D eigenvalue weighted by Crippen LogP contribution is 2.19. The summed E-state index contributed by atoms with van der Waals surface area (Å²) in [6.07, 6.45) is -0.520. The van der Waals surface area contributed by atoms with Crippen LogP contribution in [0.3, 0.4) is 0 Å². The largest absolute Gasteiger partial charge is 0.444 e. The predicted octanol–water partition coefficient (Wildman–Crippen LogP) is 3.92. The highest BCUT2D eigenvalue weighted by Gasteiger charge is 2.16. The number of nitrogens with zero attached hydrogens (tertiary/aromatic N) is 3. The Labute approximate surface area is 139 Å². The highest BCUT2D eigenvalue weighted by atomic mass is 35.5. The Morgan fingerprint density at radius 1 is 1.17 bits per heavy atom. The number of aromatic nitrogens is 3. The van der Waals surface area contributed by atoms with Gasteiger partial charge in [0.1, 0.15) is 11.4 Å². The third kappa shape index (κ3) is 5.71. The van der Waals surface area contributed by atoms with Crippen molar-refractivity contribution in [3.05, 3.63) is 35.4 Å². The van der Waals surface area contributed by atoms with Gasteiger partial charge in [-0.15, -0.1) is 0 Å². The average molecular weight is 336 g/mol. The van der Waals surface area contributed by atoms with Gasteiger partial charge in [0, 0.05) is 11.4 Å². The lowest BCUT2D eigenvalue weighted by molar-refractivity contribution is 0.0636. The maximum Gasteiger partial charge on any atom is 0.412 e. The first-order chi connectivity index (χ1) is 10.7. The van der Waals surface area contributed by atoms with E-state index in [1.807, 2.05) is 6.07 Å². The van der Waals surface area contributed by atoms with Crippen LogP contribution in [0.2, 0.25) is 5.28 Å². The van der Waals surface area contributed by atoms with Gasteiger partial charge in [0.25, 0.3) is 0 Å². The number of anilines is 3. The molecule has 0 spiro atoms. The van der Waals surface area contributed by atoms with Crippen molar-refractivity contribution in [1.29, 1.82) is 0 Å². The highest BCUT2D eigenvalue weighted by molar-refractivity contribution is 6.28. The van der Waals surface area contributed by atoms with Gasteiger partial charge in [-0.2, -0.15) is 9.97 Å². The number of hydrogen-bond donors (Lipinski definition) is 2. The van der Waals surface area contributed by atoms with Crippen molar-refractivity contribution in [3.8, 4) is 0 Å². The van der Waals surface area contributed by atoms with Crippen LogP contribution >= 0.6 is 11.6 Å². The van der Waals surface area contributed by atoms with Crippen LogP contribution in [0.25, 0.3) is 0 Å². The molecule has 0 atom stereocenters. The van der Waals surface area contributed by atoms with Crippen molar-refractivity contribution in [2.24, 2.45) is 0 Å². The molecule has 122 valence electrons. The van der Waals surface area contributed by atoms with Crippen LogP contribution in [0.15, 0.2) is 24.3 Å². The van der Waals surface area contributed by atoms with Gasteiger partial charge in [-0.1, -0.05) is 6.07 Å². The molecule has 8 heteroatoms. The molecule has 0 saturated carbocycles. The summed E-state index contributed by atoms with van der Waals surface area (Å²) in [5.74, 6) is 0.840. The first-order valence-electron chi connectivity index (χ1n) is 6.96. The zero-order valence-corrected chi connectivity index (χ0v) is 14.1. The molecular weight excluding hydrogens is 318 g/mol. The molecule has 0 radical (unpaired) electrons. The number of benzene rings is 1. The summed E-state index contributed by atoms with van der Waals surface area (Å²) in [6, 6.07) is 7.08. The SMILES string of the molecule is Cc1nc(Cl)nc(Nc2cccc(NC(=O)OC(C)(C)C)c2)n1. The second-order valence-corrected chi connectivity index (χ2v) is 6.15. The minimum atomic E-state index is -0.556. The van der Waals surface area contributed by atoms with E-state index in [2.05, 4.69) is 25.6 Å². The van der Waals surface area contributed by atoms with E-state index in [0.717, 1.165) is 0 Å². The minimum absolute atomic E-state index is 0.114. The molecule has 1 heterocycles. The Morgan fingerprint density at radius 3 is 2.52 bits per heavy atom. The first-order valence-corrected chi connectivity index (χ1v) is 7.34. The fraction of sp³-hybridized carbons (Fsp3) is 0.333. The fourth-order valence-corrected chi connectivity index (χ4v) is 1.93. The van der Waals surface area contributed by atoms with Crippen LogP contribution in [0, 0.1) is 6.92 Å². The van der Waals surface area contributed by atoms with Crippen molar-refractivity contribution < 1.29 is 9.53 Å². The Bertz CT molecular complexity index is 695. The van der Waals surface area contributed by atoms with Crippen molar-refractivity contribution in [3.63, 3.8) is 0 Å². The van der Waals surface area contributed by atoms with E-state index in [-0.39, 0.29) is 5.28 Å². The number of carbonyl (C=O) groups is 1. The fourth-order valence-electron chi connectivity index (χ4n) is 1.73. The monoisotopic (exact) mass is 335 g/mol. The van der Waals surface area contributed by atoms with Crippen LogP contribution in [0.1, 0.15) is 26.6 Å². The zero-order chi connectivity index (χ0) is 17.0. The van der Waals surface area contributed by atoms with Crippen molar-refractivity contribution >= 4 is 35.0 Å². The molecule has 0 aliphatic rings. The molecule has 2 N–H and O–H groups in total. The van der Waals surface area contributed by atoms with Crippen LogP contribution in [-0.4, -0.2) is 26.6 Å². The van der Waals surface area contributed by atoms with E-state index in [0.29, 0.717) is 23.1 Å². The molecule has 1 aromatic carbocycles. The number of halogens is 1. The van der Waals surface area contributed by atoms with Crippen molar-refractivity contribution in [2.75, 3.05) is 10.6 Å². The second-order valence-electron chi connectivity index (χ2n) is 5.81. The van der Waals surface area contributed by atoms with E-state index in [4.69, 9.17) is 16.3 Å². The normalized spacial score (nSPS) is 11.0. The predicted molar refractivity (Wildman–Crippen MR) is 89.2 cm³/mol. The lowest BCUT2D eigenvalue weighted by Gasteiger charge is -2.19. The average Bonchev–Trinajstić information content (AvgIpc) is 2.35. The third-order valence-corrected chi connectivity index (χ3v) is 2.65.